The van der Waals surface area contributed by atoms with Crippen LogP contribution in [0.3, 0.4) is 0 Å². The molecule has 1 saturated heterocycles. The van der Waals surface area contributed by atoms with Crippen LogP contribution in [0.4, 0.5) is 8.78 Å². The van der Waals surface area contributed by atoms with Crippen LogP contribution in [0.25, 0.3) is 0 Å². The van der Waals surface area contributed by atoms with Gasteiger partial charge < -0.3 is 9.47 Å². The third kappa shape index (κ3) is 2.92. The number of rotatable bonds is 4. The van der Waals surface area contributed by atoms with E-state index >= 15 is 0 Å². The van der Waals surface area contributed by atoms with E-state index in [2.05, 4.69) is 6.92 Å². The van der Waals surface area contributed by atoms with E-state index in [9.17, 15) is 8.78 Å². The molecule has 2 aliphatic rings. The number of alkyl halides is 2. The van der Waals surface area contributed by atoms with Crippen LogP contribution < -0.4 is 0 Å². The van der Waals surface area contributed by atoms with Gasteiger partial charge >= 0.3 is 0 Å². The summed E-state index contributed by atoms with van der Waals surface area (Å²) in [6.07, 6.45) is 2.34. The van der Waals surface area contributed by atoms with Crippen molar-refractivity contribution in [2.45, 2.75) is 51.2 Å². The van der Waals surface area contributed by atoms with Crippen molar-refractivity contribution in [2.24, 2.45) is 11.8 Å². The molecule has 94 valence electrons. The minimum absolute atomic E-state index is 0.0148. The van der Waals surface area contributed by atoms with Crippen molar-refractivity contribution in [3.05, 3.63) is 0 Å². The Hall–Kier alpha value is -0.220. The van der Waals surface area contributed by atoms with Gasteiger partial charge in [0.25, 0.3) is 0 Å². The summed E-state index contributed by atoms with van der Waals surface area (Å²) in [5.74, 6) is -2.26. The van der Waals surface area contributed by atoms with Crippen molar-refractivity contribution in [1.29, 1.82) is 0 Å². The fraction of sp³-hybridized carbons (Fsp3) is 1.00. The monoisotopic (exact) mass is 234 g/mol. The zero-order chi connectivity index (χ0) is 11.6. The van der Waals surface area contributed by atoms with E-state index in [1.165, 1.54) is 0 Å². The smallest absolute Gasteiger partial charge is 0.248 e. The normalized spacial score (nSPS) is 34.7. The maximum absolute atomic E-state index is 13.4. The molecule has 2 rings (SSSR count). The molecule has 0 aromatic heterocycles. The van der Waals surface area contributed by atoms with Crippen molar-refractivity contribution in [3.8, 4) is 0 Å². The van der Waals surface area contributed by atoms with Crippen LogP contribution in [0.1, 0.15) is 39.0 Å². The Kier molecular flexibility index (Phi) is 3.80. The molecule has 2 fully saturated rings. The quantitative estimate of drug-likeness (QED) is 0.743. The molecule has 1 saturated carbocycles. The van der Waals surface area contributed by atoms with Gasteiger partial charge in [-0.1, -0.05) is 19.8 Å². The standard InChI is InChI=1S/C12H20F2O2/c1-2-3-9-7-12(13,14)8-10(9)6-11-15-4-5-16-11/h9-11H,2-8H2,1H3. The van der Waals surface area contributed by atoms with Gasteiger partial charge in [-0.2, -0.15) is 0 Å². The summed E-state index contributed by atoms with van der Waals surface area (Å²) >= 11 is 0. The summed E-state index contributed by atoms with van der Waals surface area (Å²) in [4.78, 5) is 0. The average Bonchev–Trinajstić information content (AvgIpc) is 2.76. The molecule has 0 bridgehead atoms. The summed E-state index contributed by atoms with van der Waals surface area (Å²) in [5.41, 5.74) is 0. The minimum Gasteiger partial charge on any atom is -0.350 e. The van der Waals surface area contributed by atoms with Gasteiger partial charge in [-0.3, -0.25) is 0 Å². The van der Waals surface area contributed by atoms with Gasteiger partial charge in [-0.15, -0.1) is 0 Å². The number of hydrogen-bond donors (Lipinski definition) is 0. The molecule has 1 aliphatic carbocycles. The van der Waals surface area contributed by atoms with Crippen LogP contribution in [0, 0.1) is 11.8 Å². The number of ether oxygens (including phenoxy) is 2. The summed E-state index contributed by atoms with van der Waals surface area (Å²) in [6.45, 7) is 3.26. The van der Waals surface area contributed by atoms with E-state index in [0.717, 1.165) is 12.8 Å². The van der Waals surface area contributed by atoms with Gasteiger partial charge in [-0.25, -0.2) is 8.78 Å². The number of hydrogen-bond acceptors (Lipinski definition) is 2. The SMILES string of the molecule is CCCC1CC(F)(F)CC1CC1OCCO1. The highest BCUT2D eigenvalue weighted by Gasteiger charge is 2.46. The molecule has 0 radical (unpaired) electrons. The Morgan fingerprint density at radius 2 is 1.75 bits per heavy atom. The summed E-state index contributed by atoms with van der Waals surface area (Å²) in [5, 5.41) is 0. The van der Waals surface area contributed by atoms with Gasteiger partial charge in [0.15, 0.2) is 6.29 Å². The molecule has 4 heteroatoms. The zero-order valence-corrected chi connectivity index (χ0v) is 9.75. The first-order valence-electron chi connectivity index (χ1n) is 6.22. The third-order valence-electron chi connectivity index (χ3n) is 3.63. The van der Waals surface area contributed by atoms with Crippen molar-refractivity contribution >= 4 is 0 Å². The highest BCUT2D eigenvalue weighted by molar-refractivity contribution is 4.88. The van der Waals surface area contributed by atoms with E-state index < -0.39 is 5.92 Å². The predicted molar refractivity (Wildman–Crippen MR) is 56.4 cm³/mol. The average molecular weight is 234 g/mol. The molecule has 2 atom stereocenters. The van der Waals surface area contributed by atoms with Gasteiger partial charge in [0, 0.05) is 19.3 Å². The summed E-state index contributed by atoms with van der Waals surface area (Å²) < 4.78 is 37.4. The van der Waals surface area contributed by atoms with E-state index in [-0.39, 0.29) is 31.0 Å². The Labute approximate surface area is 95.3 Å². The molecule has 2 nitrogen and oxygen atoms in total. The first-order valence-corrected chi connectivity index (χ1v) is 6.22. The Morgan fingerprint density at radius 3 is 2.38 bits per heavy atom. The Bertz CT molecular complexity index is 227. The summed E-state index contributed by atoms with van der Waals surface area (Å²) in [7, 11) is 0. The molecule has 1 heterocycles. The van der Waals surface area contributed by atoms with Crippen molar-refractivity contribution < 1.29 is 18.3 Å². The lowest BCUT2D eigenvalue weighted by Gasteiger charge is -2.20. The highest BCUT2D eigenvalue weighted by atomic mass is 19.3. The van der Waals surface area contributed by atoms with Crippen LogP contribution in [0.15, 0.2) is 0 Å². The molecular formula is C12H20F2O2. The topological polar surface area (TPSA) is 18.5 Å². The Morgan fingerprint density at radius 1 is 1.12 bits per heavy atom. The summed E-state index contributed by atoms with van der Waals surface area (Å²) in [6, 6.07) is 0. The highest BCUT2D eigenvalue weighted by Crippen LogP contribution is 2.47. The molecule has 16 heavy (non-hydrogen) atoms. The van der Waals surface area contributed by atoms with Crippen molar-refractivity contribution in [1.82, 2.24) is 0 Å². The predicted octanol–water partition coefficient (Wildman–Crippen LogP) is 3.21. The van der Waals surface area contributed by atoms with Crippen LogP contribution in [-0.4, -0.2) is 25.4 Å². The second-order valence-electron chi connectivity index (χ2n) is 4.98. The zero-order valence-electron chi connectivity index (χ0n) is 9.75. The van der Waals surface area contributed by atoms with E-state index in [4.69, 9.17) is 9.47 Å². The van der Waals surface area contributed by atoms with Crippen molar-refractivity contribution in [2.75, 3.05) is 13.2 Å². The molecule has 0 spiro atoms. The lowest BCUT2D eigenvalue weighted by molar-refractivity contribution is -0.0630. The fourth-order valence-corrected chi connectivity index (χ4v) is 2.96. The molecular weight excluding hydrogens is 214 g/mol. The maximum atomic E-state index is 13.4. The fourth-order valence-electron chi connectivity index (χ4n) is 2.96. The maximum Gasteiger partial charge on any atom is 0.248 e. The molecule has 1 aliphatic heterocycles. The van der Waals surface area contributed by atoms with E-state index in [1.54, 1.807) is 0 Å². The first-order chi connectivity index (χ1) is 7.61. The Balaban J connectivity index is 1.89. The van der Waals surface area contributed by atoms with Gasteiger partial charge in [0.1, 0.15) is 0 Å². The van der Waals surface area contributed by atoms with Gasteiger partial charge in [-0.05, 0) is 11.8 Å². The largest absolute Gasteiger partial charge is 0.350 e. The van der Waals surface area contributed by atoms with Crippen LogP contribution in [0.2, 0.25) is 0 Å². The van der Waals surface area contributed by atoms with Gasteiger partial charge in [0.05, 0.1) is 13.2 Å². The minimum atomic E-state index is -2.47. The molecule has 0 aromatic rings. The lowest BCUT2D eigenvalue weighted by Crippen LogP contribution is -2.18. The second-order valence-corrected chi connectivity index (χ2v) is 4.98. The molecule has 0 amide bonds. The van der Waals surface area contributed by atoms with Crippen LogP contribution >= 0.6 is 0 Å². The van der Waals surface area contributed by atoms with E-state index in [1.807, 2.05) is 0 Å². The molecule has 2 unspecified atom stereocenters. The number of halogens is 2. The van der Waals surface area contributed by atoms with Crippen LogP contribution in [0.5, 0.6) is 0 Å². The first kappa shape index (κ1) is 12.2. The van der Waals surface area contributed by atoms with E-state index in [0.29, 0.717) is 19.6 Å². The molecule has 0 aromatic carbocycles. The van der Waals surface area contributed by atoms with Crippen LogP contribution in [-0.2, 0) is 9.47 Å². The van der Waals surface area contributed by atoms with Crippen molar-refractivity contribution in [3.63, 3.8) is 0 Å². The molecule has 0 N–H and O–H groups in total. The van der Waals surface area contributed by atoms with Gasteiger partial charge in [0.2, 0.25) is 5.92 Å². The third-order valence-corrected chi connectivity index (χ3v) is 3.63. The second kappa shape index (κ2) is 4.96. The lowest BCUT2D eigenvalue weighted by atomic mass is 9.89.